The molecule has 96 valence electrons. The van der Waals surface area contributed by atoms with Gasteiger partial charge in [0.25, 0.3) is 0 Å². The summed E-state index contributed by atoms with van der Waals surface area (Å²) in [5, 5.41) is 8.88. The van der Waals surface area contributed by atoms with E-state index in [1.807, 2.05) is 0 Å². The molecule has 0 spiro atoms. The van der Waals surface area contributed by atoms with E-state index in [2.05, 4.69) is 55.0 Å². The topological polar surface area (TPSA) is 30.3 Å². The van der Waals surface area contributed by atoms with Gasteiger partial charge in [-0.3, -0.25) is 4.90 Å². The molecule has 0 N–H and O–H groups in total. The first kappa shape index (κ1) is 12.9. The van der Waals surface area contributed by atoms with Gasteiger partial charge in [0.15, 0.2) is 0 Å². The lowest BCUT2D eigenvalue weighted by molar-refractivity contribution is 0.221. The molecule has 1 atom stereocenters. The molecule has 0 aliphatic carbocycles. The highest BCUT2D eigenvalue weighted by Crippen LogP contribution is 2.22. The number of hydrogen-bond acceptors (Lipinski definition) is 3. The van der Waals surface area contributed by atoms with Crippen molar-refractivity contribution >= 4 is 5.69 Å². The smallest absolute Gasteiger partial charge is 0.0638 e. The summed E-state index contributed by atoms with van der Waals surface area (Å²) in [6.07, 6.45) is 0.609. The number of rotatable bonds is 2. The van der Waals surface area contributed by atoms with Gasteiger partial charge >= 0.3 is 0 Å². The Labute approximate surface area is 110 Å². The minimum atomic E-state index is 0.352. The number of likely N-dealkylation sites (N-methyl/N-ethyl adjacent to an activating group) is 1. The molecule has 0 aromatic heterocycles. The average Bonchev–Trinajstić information content (AvgIpc) is 2.36. The fraction of sp³-hybridized carbons (Fsp3) is 0.533. The van der Waals surface area contributed by atoms with Crippen molar-refractivity contribution in [2.45, 2.75) is 26.3 Å². The van der Waals surface area contributed by atoms with Gasteiger partial charge in [-0.05, 0) is 44.2 Å². The molecule has 18 heavy (non-hydrogen) atoms. The van der Waals surface area contributed by atoms with Crippen LogP contribution in [0.15, 0.2) is 18.2 Å². The van der Waals surface area contributed by atoms with Crippen LogP contribution in [0.3, 0.4) is 0 Å². The molecule has 1 aliphatic rings. The van der Waals surface area contributed by atoms with Crippen LogP contribution in [0.5, 0.6) is 0 Å². The van der Waals surface area contributed by atoms with Crippen molar-refractivity contribution in [3.63, 3.8) is 0 Å². The van der Waals surface area contributed by atoms with Crippen molar-refractivity contribution in [2.75, 3.05) is 31.6 Å². The fourth-order valence-corrected chi connectivity index (χ4v) is 2.43. The third-order valence-corrected chi connectivity index (χ3v) is 3.96. The lowest BCUT2D eigenvalue weighted by atomic mass is 10.1. The number of hydrogen-bond donors (Lipinski definition) is 0. The quantitative estimate of drug-likeness (QED) is 0.798. The van der Waals surface area contributed by atoms with Gasteiger partial charge in [0.2, 0.25) is 0 Å². The van der Waals surface area contributed by atoms with Crippen LogP contribution >= 0.6 is 0 Å². The van der Waals surface area contributed by atoms with Gasteiger partial charge in [-0.15, -0.1) is 0 Å². The summed E-state index contributed by atoms with van der Waals surface area (Å²) in [7, 11) is 2.11. The minimum absolute atomic E-state index is 0.352. The van der Waals surface area contributed by atoms with E-state index >= 15 is 0 Å². The molecule has 1 aromatic rings. The lowest BCUT2D eigenvalue weighted by Gasteiger charge is -2.40. The van der Waals surface area contributed by atoms with Crippen molar-refractivity contribution in [2.24, 2.45) is 0 Å². The second kappa shape index (κ2) is 5.41. The Morgan fingerprint density at radius 1 is 1.28 bits per heavy atom. The van der Waals surface area contributed by atoms with E-state index in [0.717, 1.165) is 19.6 Å². The Bertz CT molecular complexity index is 461. The Balaban J connectivity index is 2.14. The summed E-state index contributed by atoms with van der Waals surface area (Å²) in [5.74, 6) is 0. The Hall–Kier alpha value is -1.53. The average molecular weight is 243 g/mol. The molecular weight excluding hydrogens is 222 g/mol. The second-order valence-corrected chi connectivity index (χ2v) is 5.21. The Morgan fingerprint density at radius 3 is 2.72 bits per heavy atom. The highest BCUT2D eigenvalue weighted by molar-refractivity contribution is 5.51. The number of nitrogens with zero attached hydrogens (tertiary/aromatic N) is 3. The molecule has 0 radical (unpaired) electrons. The van der Waals surface area contributed by atoms with Crippen LogP contribution in [0.25, 0.3) is 0 Å². The summed E-state index contributed by atoms with van der Waals surface area (Å²) < 4.78 is 0. The third-order valence-electron chi connectivity index (χ3n) is 3.96. The van der Waals surface area contributed by atoms with E-state index < -0.39 is 0 Å². The zero-order chi connectivity index (χ0) is 13.1. The first-order chi connectivity index (χ1) is 8.61. The predicted octanol–water partition coefficient (Wildman–Crippen LogP) is 2.34. The molecule has 0 saturated carbocycles. The van der Waals surface area contributed by atoms with Crippen LogP contribution in [0.4, 0.5) is 5.69 Å². The molecule has 3 heteroatoms. The fourth-order valence-electron chi connectivity index (χ4n) is 2.43. The van der Waals surface area contributed by atoms with E-state index in [1.165, 1.54) is 16.8 Å². The SMILES string of the molecule is Cc1ccc(N2CCN(C)C(CC#N)C2)cc1C. The number of nitriles is 1. The van der Waals surface area contributed by atoms with Crippen LogP contribution in [0.1, 0.15) is 17.5 Å². The van der Waals surface area contributed by atoms with Gasteiger partial charge < -0.3 is 4.90 Å². The Morgan fingerprint density at radius 2 is 2.06 bits per heavy atom. The number of benzene rings is 1. The standard InChI is InChI=1S/C15H21N3/c1-12-4-5-14(10-13(12)2)18-9-8-17(3)15(11-18)6-7-16/h4-5,10,15H,6,8-9,11H2,1-3H3. The zero-order valence-corrected chi connectivity index (χ0v) is 11.5. The zero-order valence-electron chi connectivity index (χ0n) is 11.5. The molecule has 3 nitrogen and oxygen atoms in total. The molecule has 0 bridgehead atoms. The van der Waals surface area contributed by atoms with Crippen molar-refractivity contribution in [3.05, 3.63) is 29.3 Å². The van der Waals surface area contributed by atoms with Gasteiger partial charge in [0.1, 0.15) is 0 Å². The number of anilines is 1. The van der Waals surface area contributed by atoms with Crippen molar-refractivity contribution in [1.82, 2.24) is 4.90 Å². The molecule has 0 amide bonds. The van der Waals surface area contributed by atoms with E-state index in [1.54, 1.807) is 0 Å². The second-order valence-electron chi connectivity index (χ2n) is 5.21. The summed E-state index contributed by atoms with van der Waals surface area (Å²) in [4.78, 5) is 4.69. The molecule has 2 rings (SSSR count). The van der Waals surface area contributed by atoms with E-state index in [-0.39, 0.29) is 0 Å². The molecule has 1 fully saturated rings. The van der Waals surface area contributed by atoms with Crippen LogP contribution in [-0.4, -0.2) is 37.6 Å². The van der Waals surface area contributed by atoms with Crippen LogP contribution in [0.2, 0.25) is 0 Å². The Kier molecular flexibility index (Phi) is 3.88. The highest BCUT2D eigenvalue weighted by Gasteiger charge is 2.24. The van der Waals surface area contributed by atoms with Crippen molar-refractivity contribution in [1.29, 1.82) is 5.26 Å². The molecule has 1 saturated heterocycles. The first-order valence-electron chi connectivity index (χ1n) is 6.51. The summed E-state index contributed by atoms with van der Waals surface area (Å²) in [6.45, 7) is 7.32. The molecule has 1 unspecified atom stereocenters. The third kappa shape index (κ3) is 2.65. The lowest BCUT2D eigenvalue weighted by Crippen LogP contribution is -2.51. The van der Waals surface area contributed by atoms with Crippen molar-refractivity contribution in [3.8, 4) is 6.07 Å². The van der Waals surface area contributed by atoms with E-state index in [4.69, 9.17) is 5.26 Å². The summed E-state index contributed by atoms with van der Waals surface area (Å²) in [6, 6.07) is 9.27. The van der Waals surface area contributed by atoms with Crippen molar-refractivity contribution < 1.29 is 0 Å². The van der Waals surface area contributed by atoms with Crippen LogP contribution < -0.4 is 4.90 Å². The largest absolute Gasteiger partial charge is 0.369 e. The summed E-state index contributed by atoms with van der Waals surface area (Å²) >= 11 is 0. The van der Waals surface area contributed by atoms with Gasteiger partial charge in [-0.2, -0.15) is 5.26 Å². The normalized spacial score (nSPS) is 20.8. The van der Waals surface area contributed by atoms with Crippen LogP contribution in [0, 0.1) is 25.2 Å². The first-order valence-corrected chi connectivity index (χ1v) is 6.51. The van der Waals surface area contributed by atoms with Gasteiger partial charge in [0, 0.05) is 31.4 Å². The maximum atomic E-state index is 8.88. The number of aryl methyl sites for hydroxylation is 2. The summed E-state index contributed by atoms with van der Waals surface area (Å²) in [5.41, 5.74) is 3.96. The molecule has 1 heterocycles. The monoisotopic (exact) mass is 243 g/mol. The van der Waals surface area contributed by atoms with Gasteiger partial charge in [-0.25, -0.2) is 0 Å². The predicted molar refractivity (Wildman–Crippen MR) is 74.8 cm³/mol. The molecule has 1 aliphatic heterocycles. The maximum Gasteiger partial charge on any atom is 0.0638 e. The van der Waals surface area contributed by atoms with Crippen LogP contribution in [-0.2, 0) is 0 Å². The van der Waals surface area contributed by atoms with E-state index in [9.17, 15) is 0 Å². The van der Waals surface area contributed by atoms with E-state index in [0.29, 0.717) is 12.5 Å². The number of piperazine rings is 1. The minimum Gasteiger partial charge on any atom is -0.369 e. The maximum absolute atomic E-state index is 8.88. The molecule has 1 aromatic carbocycles. The highest BCUT2D eigenvalue weighted by atomic mass is 15.3. The van der Waals surface area contributed by atoms with Gasteiger partial charge in [0.05, 0.1) is 12.5 Å². The van der Waals surface area contributed by atoms with Gasteiger partial charge in [-0.1, -0.05) is 6.07 Å². The molecular formula is C15H21N3.